The van der Waals surface area contributed by atoms with E-state index in [2.05, 4.69) is 29.8 Å². The molecule has 2 atom stereocenters. The van der Waals surface area contributed by atoms with Crippen LogP contribution in [0.5, 0.6) is 0 Å². The average molecular weight is 384 g/mol. The largest absolute Gasteiger partial charge is 0.322 e. The van der Waals surface area contributed by atoms with Crippen molar-refractivity contribution < 1.29 is 14.4 Å². The highest BCUT2D eigenvalue weighted by Gasteiger charge is 2.39. The zero-order valence-electron chi connectivity index (χ0n) is 16.5. The van der Waals surface area contributed by atoms with E-state index >= 15 is 0 Å². The van der Waals surface area contributed by atoms with Gasteiger partial charge in [0.2, 0.25) is 11.8 Å². The predicted octanol–water partition coefficient (Wildman–Crippen LogP) is 0.925. The number of hydrogen-bond acceptors (Lipinski definition) is 5. The number of amides is 3. The predicted molar refractivity (Wildman–Crippen MR) is 104 cm³/mol. The lowest BCUT2D eigenvalue weighted by molar-refractivity contribution is -0.136. The Bertz CT molecular complexity index is 820. The minimum Gasteiger partial charge on any atom is -0.322 e. The van der Waals surface area contributed by atoms with Crippen LogP contribution in [0.2, 0.25) is 0 Å². The first-order chi connectivity index (χ1) is 13.3. The van der Waals surface area contributed by atoms with Crippen LogP contribution < -0.4 is 16.0 Å². The van der Waals surface area contributed by atoms with Gasteiger partial charge in [-0.3, -0.25) is 19.7 Å². The molecule has 4 rings (SSSR count). The molecule has 1 aromatic rings. The monoisotopic (exact) mass is 384 g/mol. The summed E-state index contributed by atoms with van der Waals surface area (Å²) in [6, 6.07) is 5.67. The fourth-order valence-corrected chi connectivity index (χ4v) is 4.57. The summed E-state index contributed by atoms with van der Waals surface area (Å²) in [5.74, 6) is -0.753. The zero-order valence-corrected chi connectivity index (χ0v) is 16.5. The summed E-state index contributed by atoms with van der Waals surface area (Å²) < 4.78 is 0. The Hall–Kier alpha value is -2.25. The van der Waals surface area contributed by atoms with Gasteiger partial charge in [0.15, 0.2) is 0 Å². The van der Waals surface area contributed by atoms with Gasteiger partial charge in [-0.15, -0.1) is 0 Å². The zero-order chi connectivity index (χ0) is 19.9. The number of fused-ring (bicyclic) bond motifs is 1. The lowest BCUT2D eigenvalue weighted by Crippen LogP contribution is -2.52. The van der Waals surface area contributed by atoms with E-state index in [-0.39, 0.29) is 24.1 Å². The maximum atomic E-state index is 12.9. The van der Waals surface area contributed by atoms with E-state index < -0.39 is 6.04 Å². The van der Waals surface area contributed by atoms with Gasteiger partial charge in [-0.25, -0.2) is 0 Å². The quantitative estimate of drug-likeness (QED) is 0.657. The minimum atomic E-state index is -0.566. The maximum absolute atomic E-state index is 12.9. The molecule has 0 radical (unpaired) electrons. The Balaban J connectivity index is 1.41. The summed E-state index contributed by atoms with van der Waals surface area (Å²) in [5.41, 5.74) is 3.10. The van der Waals surface area contributed by atoms with Crippen LogP contribution in [0.25, 0.3) is 0 Å². The Morgan fingerprint density at radius 3 is 2.79 bits per heavy atom. The van der Waals surface area contributed by atoms with Crippen molar-refractivity contribution in [2.24, 2.45) is 5.41 Å². The molecule has 28 heavy (non-hydrogen) atoms. The molecule has 2 saturated heterocycles. The summed E-state index contributed by atoms with van der Waals surface area (Å²) >= 11 is 0. The number of carbonyl (C=O) groups is 3. The SMILES string of the molecule is CC1(C)CN[C@H](CNCc2cccc3c2CN(C2CCC(=O)NC2=O)C3=O)C1. The maximum Gasteiger partial charge on any atom is 0.255 e. The third-order valence-corrected chi connectivity index (χ3v) is 6.05. The van der Waals surface area contributed by atoms with Gasteiger partial charge >= 0.3 is 0 Å². The van der Waals surface area contributed by atoms with Crippen LogP contribution in [0.15, 0.2) is 18.2 Å². The molecule has 3 aliphatic rings. The van der Waals surface area contributed by atoms with Crippen LogP contribution in [0, 0.1) is 5.41 Å². The van der Waals surface area contributed by atoms with E-state index in [0.29, 0.717) is 36.5 Å². The molecule has 0 bridgehead atoms. The summed E-state index contributed by atoms with van der Waals surface area (Å²) in [7, 11) is 0. The number of nitrogens with one attached hydrogen (secondary N) is 3. The summed E-state index contributed by atoms with van der Waals surface area (Å²) in [5, 5.41) is 9.42. The molecule has 0 saturated carbocycles. The molecule has 3 aliphatic heterocycles. The van der Waals surface area contributed by atoms with Gasteiger partial charge < -0.3 is 15.5 Å². The normalized spacial score (nSPS) is 26.5. The van der Waals surface area contributed by atoms with Crippen molar-refractivity contribution in [1.29, 1.82) is 0 Å². The lowest BCUT2D eigenvalue weighted by atomic mass is 9.90. The van der Waals surface area contributed by atoms with E-state index in [9.17, 15) is 14.4 Å². The highest BCUT2D eigenvalue weighted by Crippen LogP contribution is 2.30. The lowest BCUT2D eigenvalue weighted by Gasteiger charge is -2.29. The molecule has 150 valence electrons. The third kappa shape index (κ3) is 3.69. The molecule has 3 heterocycles. The highest BCUT2D eigenvalue weighted by molar-refractivity contribution is 6.05. The third-order valence-electron chi connectivity index (χ3n) is 6.05. The number of benzene rings is 1. The smallest absolute Gasteiger partial charge is 0.255 e. The molecule has 1 aromatic carbocycles. The minimum absolute atomic E-state index is 0.120. The number of imide groups is 1. The van der Waals surface area contributed by atoms with Gasteiger partial charge in [0, 0.05) is 44.2 Å². The first-order valence-corrected chi connectivity index (χ1v) is 10.0. The van der Waals surface area contributed by atoms with Crippen molar-refractivity contribution in [2.75, 3.05) is 13.1 Å². The van der Waals surface area contributed by atoms with Gasteiger partial charge in [-0.2, -0.15) is 0 Å². The summed E-state index contributed by atoms with van der Waals surface area (Å²) in [6.07, 6.45) is 1.81. The Labute approximate surface area is 165 Å². The molecule has 0 aliphatic carbocycles. The number of rotatable bonds is 5. The second-order valence-corrected chi connectivity index (χ2v) is 8.92. The van der Waals surface area contributed by atoms with Gasteiger partial charge in [-0.05, 0) is 35.4 Å². The van der Waals surface area contributed by atoms with Crippen molar-refractivity contribution in [1.82, 2.24) is 20.9 Å². The van der Waals surface area contributed by atoms with Crippen LogP contribution in [0.3, 0.4) is 0 Å². The van der Waals surface area contributed by atoms with Gasteiger partial charge in [0.05, 0.1) is 0 Å². The van der Waals surface area contributed by atoms with Crippen molar-refractivity contribution in [3.05, 3.63) is 34.9 Å². The molecule has 0 aromatic heterocycles. The molecule has 2 fully saturated rings. The van der Waals surface area contributed by atoms with Gasteiger partial charge in [-0.1, -0.05) is 26.0 Å². The van der Waals surface area contributed by atoms with E-state index in [1.807, 2.05) is 18.2 Å². The van der Waals surface area contributed by atoms with E-state index in [4.69, 9.17) is 0 Å². The van der Waals surface area contributed by atoms with Crippen molar-refractivity contribution in [2.45, 2.75) is 58.3 Å². The summed E-state index contributed by atoms with van der Waals surface area (Å²) in [6.45, 7) is 7.59. The van der Waals surface area contributed by atoms with Crippen molar-refractivity contribution in [3.8, 4) is 0 Å². The molecule has 3 N–H and O–H groups in total. The highest BCUT2D eigenvalue weighted by atomic mass is 16.2. The van der Waals surface area contributed by atoms with E-state index in [1.54, 1.807) is 4.90 Å². The molecule has 7 nitrogen and oxygen atoms in total. The molecular weight excluding hydrogens is 356 g/mol. The van der Waals surface area contributed by atoms with Crippen LogP contribution in [-0.2, 0) is 22.7 Å². The first kappa shape index (κ1) is 19.1. The number of hydrogen-bond donors (Lipinski definition) is 3. The average Bonchev–Trinajstić information content (AvgIpc) is 3.15. The standard InChI is InChI=1S/C21H28N4O3/c1-21(2)8-14(23-12-21)10-22-9-13-4-3-5-15-16(13)11-25(20(15)28)17-6-7-18(26)24-19(17)27/h3-5,14,17,22-23H,6-12H2,1-2H3,(H,24,26,27)/t14-,17?/m0/s1. The van der Waals surface area contributed by atoms with Crippen LogP contribution in [-0.4, -0.2) is 47.8 Å². The van der Waals surface area contributed by atoms with Crippen LogP contribution in [0.4, 0.5) is 0 Å². The Morgan fingerprint density at radius 1 is 1.25 bits per heavy atom. The fourth-order valence-electron chi connectivity index (χ4n) is 4.57. The second-order valence-electron chi connectivity index (χ2n) is 8.92. The molecular formula is C21H28N4O3. The van der Waals surface area contributed by atoms with Crippen LogP contribution in [0.1, 0.15) is 54.6 Å². The molecule has 1 unspecified atom stereocenters. The van der Waals surface area contributed by atoms with Gasteiger partial charge in [0.25, 0.3) is 5.91 Å². The second kappa shape index (κ2) is 7.29. The van der Waals surface area contributed by atoms with Crippen LogP contribution >= 0.6 is 0 Å². The Morgan fingerprint density at radius 2 is 2.07 bits per heavy atom. The number of carbonyl (C=O) groups excluding carboxylic acids is 3. The topological polar surface area (TPSA) is 90.5 Å². The fraction of sp³-hybridized carbons (Fsp3) is 0.571. The Kier molecular flexibility index (Phi) is 4.97. The molecule has 3 amide bonds. The van der Waals surface area contributed by atoms with Crippen molar-refractivity contribution >= 4 is 17.7 Å². The summed E-state index contributed by atoms with van der Waals surface area (Å²) in [4.78, 5) is 38.1. The van der Waals surface area contributed by atoms with Gasteiger partial charge in [0.1, 0.15) is 6.04 Å². The van der Waals surface area contributed by atoms with E-state index in [1.165, 1.54) is 0 Å². The number of nitrogens with zero attached hydrogens (tertiary/aromatic N) is 1. The van der Waals surface area contributed by atoms with E-state index in [0.717, 1.165) is 30.6 Å². The number of piperidine rings is 1. The van der Waals surface area contributed by atoms with Crippen molar-refractivity contribution in [3.63, 3.8) is 0 Å². The molecule has 7 heteroatoms. The first-order valence-electron chi connectivity index (χ1n) is 10.0. The molecule has 0 spiro atoms.